The van der Waals surface area contributed by atoms with Crippen LogP contribution in [0.3, 0.4) is 0 Å². The molecule has 110 valence electrons. The topological polar surface area (TPSA) is 103 Å². The van der Waals surface area contributed by atoms with E-state index in [1.165, 1.54) is 12.1 Å². The number of nitro groups is 1. The lowest BCUT2D eigenvalue weighted by atomic mass is 10.3. The van der Waals surface area contributed by atoms with E-state index in [1.807, 2.05) is 5.43 Å². The van der Waals surface area contributed by atoms with E-state index in [4.69, 9.17) is 22.2 Å². The number of aromatic nitrogens is 1. The third-order valence-corrected chi connectivity index (χ3v) is 2.67. The van der Waals surface area contributed by atoms with E-state index >= 15 is 0 Å². The molecule has 7 nitrogen and oxygen atoms in total. The van der Waals surface area contributed by atoms with E-state index in [9.17, 15) is 18.9 Å². The number of ether oxygens (including phenoxy) is 1. The largest absolute Gasteiger partial charge is 0.427 e. The van der Waals surface area contributed by atoms with Gasteiger partial charge < -0.3 is 10.2 Å². The smallest absolute Gasteiger partial charge is 0.313 e. The monoisotopic (exact) mass is 316 g/mol. The predicted octanol–water partition coefficient (Wildman–Crippen LogP) is 3.00. The van der Waals surface area contributed by atoms with E-state index in [0.29, 0.717) is 6.07 Å². The van der Waals surface area contributed by atoms with Gasteiger partial charge in [-0.15, -0.1) is 0 Å². The quantitative estimate of drug-likeness (QED) is 0.510. The molecule has 0 aliphatic heterocycles. The number of halogens is 3. The Morgan fingerprint density at radius 2 is 2.10 bits per heavy atom. The number of benzene rings is 1. The second kappa shape index (κ2) is 5.85. The van der Waals surface area contributed by atoms with Crippen molar-refractivity contribution in [2.75, 3.05) is 5.43 Å². The molecule has 0 saturated carbocycles. The summed E-state index contributed by atoms with van der Waals surface area (Å²) in [5.41, 5.74) is 1.41. The summed E-state index contributed by atoms with van der Waals surface area (Å²) in [6.07, 6.45) is 0. The molecule has 0 spiro atoms. The average Bonchev–Trinajstić information content (AvgIpc) is 2.43. The van der Waals surface area contributed by atoms with Crippen molar-refractivity contribution in [3.8, 4) is 11.6 Å². The highest BCUT2D eigenvalue weighted by molar-refractivity contribution is 6.32. The van der Waals surface area contributed by atoms with Gasteiger partial charge in [-0.3, -0.25) is 10.1 Å². The lowest BCUT2D eigenvalue weighted by Gasteiger charge is -2.09. The van der Waals surface area contributed by atoms with E-state index in [1.54, 1.807) is 0 Å². The summed E-state index contributed by atoms with van der Waals surface area (Å²) in [5, 5.41) is 10.8. The van der Waals surface area contributed by atoms with Gasteiger partial charge in [0.1, 0.15) is 0 Å². The molecular weight excluding hydrogens is 310 g/mol. The number of nitrogen functional groups attached to an aromatic ring is 1. The number of hydrogen-bond acceptors (Lipinski definition) is 6. The third kappa shape index (κ3) is 2.98. The van der Waals surface area contributed by atoms with Crippen LogP contribution in [-0.2, 0) is 0 Å². The molecule has 1 aromatic carbocycles. The molecule has 3 N–H and O–H groups in total. The SMILES string of the molecule is NNc1nc(Oc2c(Cl)cccc2[N+](=O)[O-])c(F)cc1F. The molecule has 1 aromatic heterocycles. The number of nitrogens with zero attached hydrogens (tertiary/aromatic N) is 2. The molecule has 21 heavy (non-hydrogen) atoms. The van der Waals surface area contributed by atoms with Crippen molar-refractivity contribution in [1.29, 1.82) is 0 Å². The van der Waals surface area contributed by atoms with Crippen LogP contribution in [0.1, 0.15) is 0 Å². The maximum atomic E-state index is 13.6. The minimum Gasteiger partial charge on any atom is -0.427 e. The minimum atomic E-state index is -1.17. The molecule has 0 aliphatic carbocycles. The first-order valence-corrected chi connectivity index (χ1v) is 5.75. The molecule has 0 unspecified atom stereocenters. The summed E-state index contributed by atoms with van der Waals surface area (Å²) < 4.78 is 31.8. The van der Waals surface area contributed by atoms with Crippen molar-refractivity contribution < 1.29 is 18.4 Å². The Kier molecular flexibility index (Phi) is 4.15. The van der Waals surface area contributed by atoms with Gasteiger partial charge in [0.15, 0.2) is 17.5 Å². The van der Waals surface area contributed by atoms with Gasteiger partial charge in [-0.1, -0.05) is 17.7 Å². The number of pyridine rings is 1. The van der Waals surface area contributed by atoms with Gasteiger partial charge in [-0.05, 0) is 6.07 Å². The second-order valence-electron chi connectivity index (χ2n) is 3.70. The molecule has 10 heteroatoms. The number of anilines is 1. The molecule has 0 radical (unpaired) electrons. The minimum absolute atomic E-state index is 0.128. The number of nitro benzene ring substituents is 1. The summed E-state index contributed by atoms with van der Waals surface area (Å²) in [4.78, 5) is 13.6. The van der Waals surface area contributed by atoms with Crippen molar-refractivity contribution in [3.05, 3.63) is 51.0 Å². The molecule has 1 heterocycles. The Labute approximate surface area is 121 Å². The Morgan fingerprint density at radius 3 is 2.71 bits per heavy atom. The van der Waals surface area contributed by atoms with Crippen LogP contribution in [0, 0.1) is 21.7 Å². The predicted molar refractivity (Wildman–Crippen MR) is 70.1 cm³/mol. The maximum absolute atomic E-state index is 13.6. The van der Waals surface area contributed by atoms with Gasteiger partial charge in [0, 0.05) is 12.1 Å². The van der Waals surface area contributed by atoms with Crippen molar-refractivity contribution >= 4 is 23.1 Å². The summed E-state index contributed by atoms with van der Waals surface area (Å²) in [6.45, 7) is 0. The van der Waals surface area contributed by atoms with Crippen LogP contribution in [0.5, 0.6) is 11.6 Å². The van der Waals surface area contributed by atoms with E-state index < -0.39 is 39.7 Å². The molecule has 2 rings (SSSR count). The van der Waals surface area contributed by atoms with Gasteiger partial charge in [-0.2, -0.15) is 4.98 Å². The van der Waals surface area contributed by atoms with Crippen LogP contribution < -0.4 is 16.0 Å². The zero-order valence-corrected chi connectivity index (χ0v) is 10.9. The summed E-state index contributed by atoms with van der Waals surface area (Å²) in [5.74, 6) is 1.19. The number of hydrazine groups is 1. The van der Waals surface area contributed by atoms with Crippen LogP contribution in [0.4, 0.5) is 20.3 Å². The highest BCUT2D eigenvalue weighted by atomic mass is 35.5. The normalized spacial score (nSPS) is 10.3. The van der Waals surface area contributed by atoms with Crippen LogP contribution in [0.15, 0.2) is 24.3 Å². The fraction of sp³-hybridized carbons (Fsp3) is 0. The highest BCUT2D eigenvalue weighted by Gasteiger charge is 2.22. The fourth-order valence-electron chi connectivity index (χ4n) is 1.46. The molecule has 0 amide bonds. The first-order chi connectivity index (χ1) is 9.93. The van der Waals surface area contributed by atoms with Crippen LogP contribution in [-0.4, -0.2) is 9.91 Å². The third-order valence-electron chi connectivity index (χ3n) is 2.38. The summed E-state index contributed by atoms with van der Waals surface area (Å²) in [7, 11) is 0. The Hall–Kier alpha value is -2.52. The number of nitrogens with two attached hydrogens (primary N) is 1. The number of nitrogens with one attached hydrogen (secondary N) is 1. The Balaban J connectivity index is 2.50. The Bertz CT molecular complexity index is 714. The molecule has 0 atom stereocenters. The molecule has 0 saturated heterocycles. The first kappa shape index (κ1) is 14.9. The summed E-state index contributed by atoms with van der Waals surface area (Å²) in [6, 6.07) is 4.23. The van der Waals surface area contributed by atoms with Crippen LogP contribution >= 0.6 is 11.6 Å². The van der Waals surface area contributed by atoms with Gasteiger partial charge in [0.05, 0.1) is 9.95 Å². The van der Waals surface area contributed by atoms with Gasteiger partial charge in [0.2, 0.25) is 5.75 Å². The average molecular weight is 317 g/mol. The zero-order valence-electron chi connectivity index (χ0n) is 10.1. The lowest BCUT2D eigenvalue weighted by Crippen LogP contribution is -2.11. The molecule has 0 bridgehead atoms. The number of rotatable bonds is 4. The Morgan fingerprint density at radius 1 is 1.38 bits per heavy atom. The van der Waals surface area contributed by atoms with Gasteiger partial charge in [0.25, 0.3) is 5.88 Å². The van der Waals surface area contributed by atoms with E-state index in [-0.39, 0.29) is 5.02 Å². The highest BCUT2D eigenvalue weighted by Crippen LogP contribution is 2.38. The van der Waals surface area contributed by atoms with E-state index in [2.05, 4.69) is 4.98 Å². The van der Waals surface area contributed by atoms with Gasteiger partial charge in [-0.25, -0.2) is 14.6 Å². The molecular formula is C11H7ClF2N4O3. The fourth-order valence-corrected chi connectivity index (χ4v) is 1.67. The summed E-state index contributed by atoms with van der Waals surface area (Å²) >= 11 is 5.79. The standard InChI is InChI=1S/C11H7ClF2N4O3/c12-5-2-1-3-8(18(19)20)9(5)21-11-7(14)4-6(13)10(16-11)17-15/h1-4H,15H2,(H,16,17). The first-order valence-electron chi connectivity index (χ1n) is 5.37. The van der Waals surface area contributed by atoms with Crippen molar-refractivity contribution in [1.82, 2.24) is 4.98 Å². The van der Waals surface area contributed by atoms with Crippen LogP contribution in [0.25, 0.3) is 0 Å². The molecule has 2 aromatic rings. The number of hydrogen-bond donors (Lipinski definition) is 2. The van der Waals surface area contributed by atoms with E-state index in [0.717, 1.165) is 6.07 Å². The van der Waals surface area contributed by atoms with Crippen LogP contribution in [0.2, 0.25) is 5.02 Å². The van der Waals surface area contributed by atoms with Crippen molar-refractivity contribution in [2.24, 2.45) is 5.84 Å². The van der Waals surface area contributed by atoms with Gasteiger partial charge >= 0.3 is 5.69 Å². The molecule has 0 fully saturated rings. The van der Waals surface area contributed by atoms with Crippen molar-refractivity contribution in [2.45, 2.75) is 0 Å². The zero-order chi connectivity index (χ0) is 15.6. The number of para-hydroxylation sites is 1. The second-order valence-corrected chi connectivity index (χ2v) is 4.10. The molecule has 0 aliphatic rings. The van der Waals surface area contributed by atoms with Crippen molar-refractivity contribution in [3.63, 3.8) is 0 Å². The maximum Gasteiger partial charge on any atom is 0.313 e. The lowest BCUT2D eigenvalue weighted by molar-refractivity contribution is -0.385.